The number of nitro groups is 1. The van der Waals surface area contributed by atoms with Crippen LogP contribution in [0.2, 0.25) is 0 Å². The maximum atomic E-state index is 13.0. The van der Waals surface area contributed by atoms with Gasteiger partial charge in [0.15, 0.2) is 18.1 Å². The quantitative estimate of drug-likeness (QED) is 0.602. The molecule has 0 bridgehead atoms. The Morgan fingerprint density at radius 3 is 2.48 bits per heavy atom. The number of amides is 1. The standard InChI is InChI=1S/C17H15F3N2O5/c1-10-3-6-14(15(7-10)26-2)27-9-16(23)21-11-4-5-13(22(24)25)12(8-11)17(18,19)20/h3-8H,9H2,1-2H3,(H,21,23). The maximum absolute atomic E-state index is 13.0. The monoisotopic (exact) mass is 384 g/mol. The summed E-state index contributed by atoms with van der Waals surface area (Å²) in [5.41, 5.74) is -1.88. The van der Waals surface area contributed by atoms with Gasteiger partial charge in [0, 0.05) is 11.8 Å². The molecule has 2 rings (SSSR count). The highest BCUT2D eigenvalue weighted by atomic mass is 19.4. The Balaban J connectivity index is 2.11. The van der Waals surface area contributed by atoms with E-state index >= 15 is 0 Å². The Kier molecular flexibility index (Phi) is 5.88. The van der Waals surface area contributed by atoms with Gasteiger partial charge in [0.25, 0.3) is 11.6 Å². The number of alkyl halides is 3. The number of nitrogens with zero attached hydrogens (tertiary/aromatic N) is 1. The molecule has 0 heterocycles. The molecular weight excluding hydrogens is 369 g/mol. The van der Waals surface area contributed by atoms with Crippen molar-refractivity contribution in [1.82, 2.24) is 0 Å². The number of anilines is 1. The first kappa shape index (κ1) is 20.0. The number of halogens is 3. The fourth-order valence-electron chi connectivity index (χ4n) is 2.23. The van der Waals surface area contributed by atoms with E-state index in [-0.39, 0.29) is 11.4 Å². The molecule has 0 aromatic heterocycles. The molecule has 0 spiro atoms. The van der Waals surface area contributed by atoms with E-state index in [1.807, 2.05) is 6.92 Å². The Labute approximate surface area is 151 Å². The van der Waals surface area contributed by atoms with Crippen LogP contribution < -0.4 is 14.8 Å². The number of carbonyl (C=O) groups is 1. The molecular formula is C17H15F3N2O5. The second-order valence-corrected chi connectivity index (χ2v) is 5.48. The Bertz CT molecular complexity index is 868. The first-order chi connectivity index (χ1) is 12.6. The number of benzene rings is 2. The van der Waals surface area contributed by atoms with E-state index < -0.39 is 34.9 Å². The summed E-state index contributed by atoms with van der Waals surface area (Å²) in [5.74, 6) is -0.0463. The third-order valence-electron chi connectivity index (χ3n) is 3.46. The summed E-state index contributed by atoms with van der Waals surface area (Å²) in [4.78, 5) is 21.5. The van der Waals surface area contributed by atoms with E-state index in [4.69, 9.17) is 9.47 Å². The van der Waals surface area contributed by atoms with Crippen molar-refractivity contribution in [2.75, 3.05) is 19.0 Å². The molecule has 10 heteroatoms. The normalized spacial score (nSPS) is 11.0. The van der Waals surface area contributed by atoms with Crippen LogP contribution in [0.15, 0.2) is 36.4 Å². The van der Waals surface area contributed by atoms with Crippen LogP contribution in [0.4, 0.5) is 24.5 Å². The van der Waals surface area contributed by atoms with Crippen LogP contribution in [-0.2, 0) is 11.0 Å². The van der Waals surface area contributed by atoms with E-state index in [0.717, 1.165) is 11.6 Å². The third-order valence-corrected chi connectivity index (χ3v) is 3.46. The van der Waals surface area contributed by atoms with Crippen molar-refractivity contribution in [3.63, 3.8) is 0 Å². The molecule has 0 atom stereocenters. The number of hydrogen-bond donors (Lipinski definition) is 1. The van der Waals surface area contributed by atoms with Crippen LogP contribution in [0.5, 0.6) is 11.5 Å². The van der Waals surface area contributed by atoms with Crippen LogP contribution >= 0.6 is 0 Å². The van der Waals surface area contributed by atoms with Crippen molar-refractivity contribution in [1.29, 1.82) is 0 Å². The first-order valence-corrected chi connectivity index (χ1v) is 7.54. The van der Waals surface area contributed by atoms with Gasteiger partial charge in [-0.25, -0.2) is 0 Å². The molecule has 27 heavy (non-hydrogen) atoms. The van der Waals surface area contributed by atoms with Crippen molar-refractivity contribution < 1.29 is 32.4 Å². The smallest absolute Gasteiger partial charge is 0.423 e. The van der Waals surface area contributed by atoms with E-state index in [2.05, 4.69) is 5.32 Å². The van der Waals surface area contributed by atoms with Crippen LogP contribution in [0.3, 0.4) is 0 Å². The largest absolute Gasteiger partial charge is 0.493 e. The topological polar surface area (TPSA) is 90.7 Å². The molecule has 0 aliphatic carbocycles. The number of carbonyl (C=O) groups excluding carboxylic acids is 1. The lowest BCUT2D eigenvalue weighted by Crippen LogP contribution is -2.21. The van der Waals surface area contributed by atoms with Gasteiger partial charge >= 0.3 is 6.18 Å². The fourth-order valence-corrected chi connectivity index (χ4v) is 2.23. The lowest BCUT2D eigenvalue weighted by molar-refractivity contribution is -0.388. The number of aryl methyl sites for hydroxylation is 1. The molecule has 144 valence electrons. The van der Waals surface area contributed by atoms with Crippen LogP contribution in [0.25, 0.3) is 0 Å². The molecule has 0 saturated carbocycles. The van der Waals surface area contributed by atoms with Gasteiger partial charge in [0.2, 0.25) is 0 Å². The summed E-state index contributed by atoms with van der Waals surface area (Å²) in [6.07, 6.45) is -4.94. The summed E-state index contributed by atoms with van der Waals surface area (Å²) in [5, 5.41) is 12.9. The number of nitrogens with one attached hydrogen (secondary N) is 1. The van der Waals surface area contributed by atoms with E-state index in [9.17, 15) is 28.1 Å². The van der Waals surface area contributed by atoms with Gasteiger partial charge in [0.1, 0.15) is 5.56 Å². The SMILES string of the molecule is COc1cc(C)ccc1OCC(=O)Nc1ccc([N+](=O)[O-])c(C(F)(F)F)c1. The number of hydrogen-bond acceptors (Lipinski definition) is 5. The van der Waals surface area contributed by atoms with Crippen LogP contribution in [-0.4, -0.2) is 24.5 Å². The Morgan fingerprint density at radius 1 is 1.19 bits per heavy atom. The lowest BCUT2D eigenvalue weighted by atomic mass is 10.1. The van der Waals surface area contributed by atoms with Crippen molar-refractivity contribution in [3.8, 4) is 11.5 Å². The van der Waals surface area contributed by atoms with Gasteiger partial charge in [-0.2, -0.15) is 13.2 Å². The molecule has 0 unspecified atom stereocenters. The van der Waals surface area contributed by atoms with Gasteiger partial charge in [-0.05, 0) is 36.8 Å². The Morgan fingerprint density at radius 2 is 1.89 bits per heavy atom. The average molecular weight is 384 g/mol. The highest BCUT2D eigenvalue weighted by molar-refractivity contribution is 5.92. The maximum Gasteiger partial charge on any atom is 0.423 e. The molecule has 0 aliphatic rings. The van der Waals surface area contributed by atoms with Gasteiger partial charge < -0.3 is 14.8 Å². The predicted octanol–water partition coefficient (Wildman–Crippen LogP) is 3.95. The fraction of sp³-hybridized carbons (Fsp3) is 0.235. The lowest BCUT2D eigenvalue weighted by Gasteiger charge is -2.12. The van der Waals surface area contributed by atoms with Gasteiger partial charge in [-0.1, -0.05) is 6.07 Å². The molecule has 0 fully saturated rings. The van der Waals surface area contributed by atoms with Gasteiger partial charge in [0.05, 0.1) is 12.0 Å². The third kappa shape index (κ3) is 5.09. The second-order valence-electron chi connectivity index (χ2n) is 5.48. The molecule has 1 amide bonds. The van der Waals surface area contributed by atoms with Gasteiger partial charge in [-0.15, -0.1) is 0 Å². The number of methoxy groups -OCH3 is 1. The molecule has 2 aromatic rings. The minimum absolute atomic E-state index is 0.239. The van der Waals surface area contributed by atoms with E-state index in [1.54, 1.807) is 18.2 Å². The molecule has 1 N–H and O–H groups in total. The van der Waals surface area contributed by atoms with Crippen LogP contribution in [0.1, 0.15) is 11.1 Å². The van der Waals surface area contributed by atoms with Crippen molar-refractivity contribution in [3.05, 3.63) is 57.6 Å². The van der Waals surface area contributed by atoms with E-state index in [0.29, 0.717) is 17.9 Å². The second kappa shape index (κ2) is 7.94. The number of rotatable bonds is 6. The highest BCUT2D eigenvalue weighted by Gasteiger charge is 2.38. The van der Waals surface area contributed by atoms with Crippen molar-refractivity contribution in [2.24, 2.45) is 0 Å². The molecule has 0 aliphatic heterocycles. The first-order valence-electron chi connectivity index (χ1n) is 7.54. The van der Waals surface area contributed by atoms with E-state index in [1.165, 1.54) is 7.11 Å². The predicted molar refractivity (Wildman–Crippen MR) is 90.0 cm³/mol. The zero-order chi connectivity index (χ0) is 20.2. The minimum atomic E-state index is -4.94. The molecule has 0 saturated heterocycles. The summed E-state index contributed by atoms with van der Waals surface area (Å²) in [6.45, 7) is 1.35. The highest BCUT2D eigenvalue weighted by Crippen LogP contribution is 2.37. The Hall–Kier alpha value is -3.30. The molecule has 0 radical (unpaired) electrons. The zero-order valence-electron chi connectivity index (χ0n) is 14.3. The summed E-state index contributed by atoms with van der Waals surface area (Å²) >= 11 is 0. The van der Waals surface area contributed by atoms with Gasteiger partial charge in [-0.3, -0.25) is 14.9 Å². The summed E-state index contributed by atoms with van der Waals surface area (Å²) < 4.78 is 49.3. The van der Waals surface area contributed by atoms with Crippen LogP contribution in [0, 0.1) is 17.0 Å². The summed E-state index contributed by atoms with van der Waals surface area (Å²) in [7, 11) is 1.43. The molecule has 7 nitrogen and oxygen atoms in total. The van der Waals surface area contributed by atoms with Crippen molar-refractivity contribution in [2.45, 2.75) is 13.1 Å². The number of nitro benzene ring substituents is 1. The average Bonchev–Trinajstić information content (AvgIpc) is 2.59. The number of ether oxygens (including phenoxy) is 2. The zero-order valence-corrected chi connectivity index (χ0v) is 14.3. The van der Waals surface area contributed by atoms with Crippen molar-refractivity contribution >= 4 is 17.3 Å². The molecule has 2 aromatic carbocycles. The minimum Gasteiger partial charge on any atom is -0.493 e. The summed E-state index contributed by atoms with van der Waals surface area (Å²) in [6, 6.07) is 7.22.